The van der Waals surface area contributed by atoms with Crippen LogP contribution in [0.15, 0.2) is 46.9 Å². The Labute approximate surface area is 147 Å². The number of rotatable bonds is 3. The molecule has 4 rings (SSSR count). The average molecular weight is 338 g/mol. The van der Waals surface area contributed by atoms with Gasteiger partial charge >= 0.3 is 0 Å². The topological polar surface area (TPSA) is 29.3 Å². The van der Waals surface area contributed by atoms with Gasteiger partial charge in [0.05, 0.1) is 5.56 Å². The van der Waals surface area contributed by atoms with Crippen LogP contribution in [0.1, 0.15) is 25.8 Å². The molecule has 25 heavy (non-hydrogen) atoms. The van der Waals surface area contributed by atoms with Crippen molar-refractivity contribution in [2.45, 2.75) is 26.8 Å². The summed E-state index contributed by atoms with van der Waals surface area (Å²) in [6.45, 7) is 7.85. The number of benzene rings is 2. The predicted molar refractivity (Wildman–Crippen MR) is 97.6 cm³/mol. The van der Waals surface area contributed by atoms with Gasteiger partial charge in [-0.3, -0.25) is 4.90 Å². The lowest BCUT2D eigenvalue weighted by molar-refractivity contribution is 0.134. The van der Waals surface area contributed by atoms with Crippen molar-refractivity contribution in [3.8, 4) is 11.5 Å². The van der Waals surface area contributed by atoms with Gasteiger partial charge < -0.3 is 4.42 Å². The van der Waals surface area contributed by atoms with Crippen molar-refractivity contribution in [2.24, 2.45) is 11.8 Å². The third-order valence-corrected chi connectivity index (χ3v) is 4.91. The zero-order valence-electron chi connectivity index (χ0n) is 14.7. The van der Waals surface area contributed by atoms with Crippen molar-refractivity contribution in [1.82, 2.24) is 9.88 Å². The maximum absolute atomic E-state index is 14.0. The van der Waals surface area contributed by atoms with Gasteiger partial charge in [-0.05, 0) is 48.1 Å². The van der Waals surface area contributed by atoms with Crippen LogP contribution in [0.2, 0.25) is 0 Å². The smallest absolute Gasteiger partial charge is 0.230 e. The Kier molecular flexibility index (Phi) is 4.30. The minimum atomic E-state index is -0.314. The van der Waals surface area contributed by atoms with Crippen LogP contribution in [0, 0.1) is 17.7 Å². The summed E-state index contributed by atoms with van der Waals surface area (Å²) in [5.74, 6) is 1.51. The quantitative estimate of drug-likeness (QED) is 0.664. The van der Waals surface area contributed by atoms with E-state index in [9.17, 15) is 4.39 Å². The van der Waals surface area contributed by atoms with Crippen molar-refractivity contribution in [3.05, 3.63) is 53.8 Å². The molecule has 2 heterocycles. The van der Waals surface area contributed by atoms with Gasteiger partial charge in [-0.25, -0.2) is 9.37 Å². The molecule has 1 aliphatic rings. The molecule has 0 spiro atoms. The molecule has 0 amide bonds. The van der Waals surface area contributed by atoms with Gasteiger partial charge in [-0.15, -0.1) is 0 Å². The van der Waals surface area contributed by atoms with Crippen LogP contribution in [-0.2, 0) is 6.54 Å². The Morgan fingerprint density at radius 2 is 1.88 bits per heavy atom. The molecular weight excluding hydrogens is 315 g/mol. The number of hydrogen-bond donors (Lipinski definition) is 0. The normalized spacial score (nSPS) is 21.7. The van der Waals surface area contributed by atoms with E-state index in [0.717, 1.165) is 37.0 Å². The number of halogens is 1. The van der Waals surface area contributed by atoms with E-state index in [1.807, 2.05) is 6.07 Å². The van der Waals surface area contributed by atoms with Gasteiger partial charge in [0.1, 0.15) is 11.3 Å². The first kappa shape index (κ1) is 16.3. The molecule has 130 valence electrons. The van der Waals surface area contributed by atoms with Crippen LogP contribution in [-0.4, -0.2) is 23.0 Å². The molecule has 3 nitrogen and oxygen atoms in total. The number of oxazole rings is 1. The summed E-state index contributed by atoms with van der Waals surface area (Å²) in [5.41, 5.74) is 3.11. The first-order valence-corrected chi connectivity index (χ1v) is 8.95. The van der Waals surface area contributed by atoms with Gasteiger partial charge in [-0.1, -0.05) is 32.0 Å². The van der Waals surface area contributed by atoms with Crippen molar-refractivity contribution in [2.75, 3.05) is 13.1 Å². The number of hydrogen-bond acceptors (Lipinski definition) is 3. The summed E-state index contributed by atoms with van der Waals surface area (Å²) in [5, 5.41) is 0. The molecule has 1 aromatic heterocycles. The largest absolute Gasteiger partial charge is 0.436 e. The molecule has 0 aliphatic carbocycles. The third kappa shape index (κ3) is 3.45. The van der Waals surface area contributed by atoms with E-state index in [1.54, 1.807) is 18.2 Å². The van der Waals surface area contributed by atoms with Crippen molar-refractivity contribution < 1.29 is 8.81 Å². The van der Waals surface area contributed by atoms with E-state index < -0.39 is 0 Å². The van der Waals surface area contributed by atoms with Crippen LogP contribution in [0.3, 0.4) is 0 Å². The second-order valence-electron chi connectivity index (χ2n) is 7.44. The highest BCUT2D eigenvalue weighted by atomic mass is 19.1. The monoisotopic (exact) mass is 338 g/mol. The number of fused-ring (bicyclic) bond motifs is 1. The second-order valence-corrected chi connectivity index (χ2v) is 7.44. The predicted octanol–water partition coefficient (Wildman–Crippen LogP) is 5.11. The lowest BCUT2D eigenvalue weighted by Crippen LogP contribution is -2.38. The van der Waals surface area contributed by atoms with Gasteiger partial charge in [0.15, 0.2) is 5.58 Å². The van der Waals surface area contributed by atoms with Crippen molar-refractivity contribution in [3.63, 3.8) is 0 Å². The summed E-state index contributed by atoms with van der Waals surface area (Å²) in [6, 6.07) is 12.7. The summed E-state index contributed by atoms with van der Waals surface area (Å²) >= 11 is 0. The molecule has 1 fully saturated rings. The van der Waals surface area contributed by atoms with Crippen LogP contribution in [0.25, 0.3) is 22.6 Å². The van der Waals surface area contributed by atoms with E-state index in [-0.39, 0.29) is 5.82 Å². The zero-order chi connectivity index (χ0) is 17.4. The molecule has 0 saturated carbocycles. The highest BCUT2D eigenvalue weighted by Crippen LogP contribution is 2.28. The Morgan fingerprint density at radius 1 is 1.12 bits per heavy atom. The first-order chi connectivity index (χ1) is 12.1. The minimum Gasteiger partial charge on any atom is -0.436 e. The Morgan fingerprint density at radius 3 is 2.64 bits per heavy atom. The van der Waals surface area contributed by atoms with Crippen LogP contribution >= 0.6 is 0 Å². The Balaban J connectivity index is 1.59. The van der Waals surface area contributed by atoms with Crippen molar-refractivity contribution >= 4 is 11.1 Å². The second kappa shape index (κ2) is 6.60. The maximum Gasteiger partial charge on any atom is 0.230 e. The van der Waals surface area contributed by atoms with E-state index >= 15 is 0 Å². The highest BCUT2D eigenvalue weighted by Gasteiger charge is 2.22. The lowest BCUT2D eigenvalue weighted by atomic mass is 9.91. The molecule has 2 aromatic carbocycles. The molecule has 2 atom stereocenters. The molecule has 0 radical (unpaired) electrons. The summed E-state index contributed by atoms with van der Waals surface area (Å²) < 4.78 is 19.7. The summed E-state index contributed by atoms with van der Waals surface area (Å²) in [6.07, 6.45) is 1.31. The number of piperidine rings is 1. The Bertz CT molecular complexity index is 878. The minimum absolute atomic E-state index is 0.314. The maximum atomic E-state index is 14.0. The van der Waals surface area contributed by atoms with Crippen LogP contribution in [0.5, 0.6) is 0 Å². The van der Waals surface area contributed by atoms with E-state index in [4.69, 9.17) is 4.42 Å². The molecular formula is C21H23FN2O. The number of aromatic nitrogens is 1. The average Bonchev–Trinajstić information content (AvgIpc) is 2.97. The fourth-order valence-corrected chi connectivity index (χ4v) is 4.00. The van der Waals surface area contributed by atoms with E-state index in [0.29, 0.717) is 17.0 Å². The highest BCUT2D eigenvalue weighted by molar-refractivity contribution is 5.77. The number of nitrogens with zero attached hydrogens (tertiary/aromatic N) is 2. The fraction of sp³-hybridized carbons (Fsp3) is 0.381. The molecule has 0 N–H and O–H groups in total. The van der Waals surface area contributed by atoms with Gasteiger partial charge in [0.2, 0.25) is 5.89 Å². The van der Waals surface area contributed by atoms with Crippen LogP contribution in [0.4, 0.5) is 4.39 Å². The SMILES string of the molecule is C[C@@H]1C[C@H](C)CN(Cc2ccc3oc(-c4ccccc4F)nc3c2)C1. The van der Waals surface area contributed by atoms with Crippen LogP contribution < -0.4 is 0 Å². The van der Waals surface area contributed by atoms with Gasteiger partial charge in [0.25, 0.3) is 0 Å². The molecule has 0 unspecified atom stereocenters. The molecule has 0 bridgehead atoms. The van der Waals surface area contributed by atoms with E-state index in [1.165, 1.54) is 18.1 Å². The lowest BCUT2D eigenvalue weighted by Gasteiger charge is -2.34. The van der Waals surface area contributed by atoms with E-state index in [2.05, 4.69) is 35.9 Å². The third-order valence-electron chi connectivity index (χ3n) is 4.91. The first-order valence-electron chi connectivity index (χ1n) is 8.95. The summed E-state index contributed by atoms with van der Waals surface area (Å²) in [4.78, 5) is 7.01. The number of likely N-dealkylation sites (tertiary alicyclic amines) is 1. The van der Waals surface area contributed by atoms with Gasteiger partial charge in [-0.2, -0.15) is 0 Å². The molecule has 1 saturated heterocycles. The standard InChI is InChI=1S/C21H23FN2O/c1-14-9-15(2)12-24(11-14)13-16-7-8-20-19(10-16)23-21(25-20)17-5-3-4-6-18(17)22/h3-8,10,14-15H,9,11-13H2,1-2H3/t14-,15+. The summed E-state index contributed by atoms with van der Waals surface area (Å²) in [7, 11) is 0. The Hall–Kier alpha value is -2.20. The zero-order valence-corrected chi connectivity index (χ0v) is 14.7. The molecule has 3 aromatic rings. The fourth-order valence-electron chi connectivity index (χ4n) is 4.00. The molecule has 1 aliphatic heterocycles. The van der Waals surface area contributed by atoms with Gasteiger partial charge in [0, 0.05) is 19.6 Å². The van der Waals surface area contributed by atoms with Crippen molar-refractivity contribution in [1.29, 1.82) is 0 Å². The molecule has 4 heteroatoms.